The highest BCUT2D eigenvalue weighted by atomic mass is 32.2. The Kier molecular flexibility index (Phi) is 5.23. The highest BCUT2D eigenvalue weighted by Gasteiger charge is 2.27. The van der Waals surface area contributed by atoms with Gasteiger partial charge in [0.1, 0.15) is 0 Å². The van der Waals surface area contributed by atoms with Crippen LogP contribution in [0.5, 0.6) is 0 Å². The summed E-state index contributed by atoms with van der Waals surface area (Å²) in [5.74, 6) is 0.577. The number of benzene rings is 1. The second-order valence-corrected chi connectivity index (χ2v) is 9.78. The first-order chi connectivity index (χ1) is 13.1. The van der Waals surface area contributed by atoms with Crippen LogP contribution < -0.4 is 10.2 Å². The van der Waals surface area contributed by atoms with E-state index < -0.39 is 9.84 Å². The molecule has 1 atom stereocenters. The first kappa shape index (κ1) is 18.5. The number of sulfone groups is 1. The fraction of sp³-hybridized carbons (Fsp3) is 0.550. The number of hydrogen-bond donors (Lipinski definition) is 1. The van der Waals surface area contributed by atoms with E-state index in [0.29, 0.717) is 5.75 Å². The van der Waals surface area contributed by atoms with E-state index >= 15 is 0 Å². The van der Waals surface area contributed by atoms with Gasteiger partial charge in [0.15, 0.2) is 9.84 Å². The molecule has 1 N–H and O–H groups in total. The molecule has 0 spiro atoms. The lowest BCUT2D eigenvalue weighted by molar-refractivity contribution is 0.521. The molecule has 1 aromatic heterocycles. The predicted octanol–water partition coefficient (Wildman–Crippen LogP) is 2.10. The molecule has 1 aromatic carbocycles. The van der Waals surface area contributed by atoms with E-state index in [1.807, 2.05) is 12.5 Å². The van der Waals surface area contributed by atoms with Gasteiger partial charge >= 0.3 is 0 Å². The zero-order chi connectivity index (χ0) is 18.9. The Bertz CT molecular complexity index is 906. The molecule has 0 amide bonds. The van der Waals surface area contributed by atoms with Crippen molar-refractivity contribution in [1.29, 1.82) is 0 Å². The minimum atomic E-state index is -2.83. The van der Waals surface area contributed by atoms with Crippen molar-refractivity contribution in [2.45, 2.75) is 38.8 Å². The van der Waals surface area contributed by atoms with Crippen molar-refractivity contribution in [1.82, 2.24) is 14.9 Å². The number of hydrogen-bond acceptors (Lipinski definition) is 5. The Morgan fingerprint density at radius 3 is 3.00 bits per heavy atom. The van der Waals surface area contributed by atoms with Gasteiger partial charge < -0.3 is 14.8 Å². The molecule has 1 saturated heterocycles. The third kappa shape index (κ3) is 4.04. The molecule has 0 radical (unpaired) electrons. The highest BCUT2D eigenvalue weighted by molar-refractivity contribution is 7.91. The Labute approximate surface area is 161 Å². The van der Waals surface area contributed by atoms with E-state index in [1.54, 1.807) is 0 Å². The molecular weight excluding hydrogens is 360 g/mol. The monoisotopic (exact) mass is 388 g/mol. The average Bonchev–Trinajstić information content (AvgIpc) is 3.27. The quantitative estimate of drug-likeness (QED) is 0.821. The van der Waals surface area contributed by atoms with Gasteiger partial charge in [0.05, 0.1) is 29.7 Å². The van der Waals surface area contributed by atoms with Crippen molar-refractivity contribution in [2.75, 3.05) is 36.0 Å². The number of anilines is 1. The Balaban J connectivity index is 1.44. The molecule has 2 aromatic rings. The van der Waals surface area contributed by atoms with Crippen molar-refractivity contribution < 1.29 is 8.42 Å². The molecule has 2 aliphatic heterocycles. The first-order valence-electron chi connectivity index (χ1n) is 9.88. The smallest absolute Gasteiger partial charge is 0.151 e. The van der Waals surface area contributed by atoms with Crippen molar-refractivity contribution in [2.24, 2.45) is 0 Å². The maximum atomic E-state index is 11.6. The standard InChI is InChI=1S/C20H28N4O2S/c1-2-23-9-3-4-16-12-17(5-6-19(16)23)20-13-21-15-24(20)10-8-22-18-7-11-27(25,26)14-18/h5-6,12-13,15,18,22H,2-4,7-11,14H2,1H3. The molecule has 0 aliphatic carbocycles. The van der Waals surface area contributed by atoms with Crippen LogP contribution in [0.4, 0.5) is 5.69 Å². The lowest BCUT2D eigenvalue weighted by Crippen LogP contribution is -2.32. The molecule has 3 heterocycles. The third-order valence-corrected chi connectivity index (χ3v) is 7.47. The molecule has 0 bridgehead atoms. The van der Waals surface area contributed by atoms with E-state index in [1.165, 1.54) is 23.2 Å². The van der Waals surface area contributed by atoms with Crippen LogP contribution in [0, 0.1) is 0 Å². The van der Waals surface area contributed by atoms with Crippen molar-refractivity contribution in [3.8, 4) is 11.3 Å². The topological polar surface area (TPSA) is 67.2 Å². The van der Waals surface area contributed by atoms with Crippen LogP contribution >= 0.6 is 0 Å². The zero-order valence-corrected chi connectivity index (χ0v) is 16.7. The summed E-state index contributed by atoms with van der Waals surface area (Å²) in [5.41, 5.74) is 5.10. The normalized spacial score (nSPS) is 21.4. The van der Waals surface area contributed by atoms with Crippen molar-refractivity contribution in [3.63, 3.8) is 0 Å². The number of nitrogens with zero attached hydrogens (tertiary/aromatic N) is 3. The molecule has 6 nitrogen and oxygen atoms in total. The summed E-state index contributed by atoms with van der Waals surface area (Å²) < 4.78 is 25.3. The van der Waals surface area contributed by atoms with Crippen LogP contribution in [0.15, 0.2) is 30.7 Å². The molecule has 7 heteroatoms. The largest absolute Gasteiger partial charge is 0.372 e. The van der Waals surface area contributed by atoms with Gasteiger partial charge in [-0.1, -0.05) is 6.07 Å². The van der Waals surface area contributed by atoms with Gasteiger partial charge in [0, 0.05) is 43.5 Å². The van der Waals surface area contributed by atoms with Gasteiger partial charge in [-0.05, 0) is 43.9 Å². The lowest BCUT2D eigenvalue weighted by Gasteiger charge is -2.30. The summed E-state index contributed by atoms with van der Waals surface area (Å²) in [7, 11) is -2.83. The lowest BCUT2D eigenvalue weighted by atomic mass is 9.98. The Morgan fingerprint density at radius 2 is 2.22 bits per heavy atom. The van der Waals surface area contributed by atoms with E-state index in [0.717, 1.165) is 44.7 Å². The number of fused-ring (bicyclic) bond motifs is 1. The van der Waals surface area contributed by atoms with Crippen LogP contribution in [0.1, 0.15) is 25.3 Å². The number of aryl methyl sites for hydroxylation is 1. The van der Waals surface area contributed by atoms with E-state index in [9.17, 15) is 8.42 Å². The summed E-state index contributed by atoms with van der Waals surface area (Å²) >= 11 is 0. The van der Waals surface area contributed by atoms with Gasteiger partial charge in [-0.3, -0.25) is 0 Å². The molecule has 2 aliphatic rings. The molecule has 1 unspecified atom stereocenters. The number of rotatable bonds is 6. The van der Waals surface area contributed by atoms with Crippen LogP contribution in [0.25, 0.3) is 11.3 Å². The Morgan fingerprint density at radius 1 is 1.33 bits per heavy atom. The highest BCUT2D eigenvalue weighted by Crippen LogP contribution is 2.31. The minimum Gasteiger partial charge on any atom is -0.372 e. The van der Waals surface area contributed by atoms with Gasteiger partial charge in [-0.15, -0.1) is 0 Å². The second kappa shape index (κ2) is 7.64. The summed E-state index contributed by atoms with van der Waals surface area (Å²) in [4.78, 5) is 6.79. The van der Waals surface area contributed by atoms with Gasteiger partial charge in [0.25, 0.3) is 0 Å². The summed E-state index contributed by atoms with van der Waals surface area (Å²) in [5, 5.41) is 3.38. The van der Waals surface area contributed by atoms with Crippen LogP contribution in [0.3, 0.4) is 0 Å². The van der Waals surface area contributed by atoms with Gasteiger partial charge in [-0.2, -0.15) is 0 Å². The molecule has 27 heavy (non-hydrogen) atoms. The number of nitrogens with one attached hydrogen (secondary N) is 1. The van der Waals surface area contributed by atoms with Crippen LogP contribution in [-0.2, 0) is 22.8 Å². The SMILES string of the molecule is CCN1CCCc2cc(-c3cncn3CCNC3CCS(=O)(=O)C3)ccc21. The zero-order valence-electron chi connectivity index (χ0n) is 15.9. The van der Waals surface area contributed by atoms with E-state index in [2.05, 4.69) is 44.9 Å². The molecule has 4 rings (SSSR count). The van der Waals surface area contributed by atoms with E-state index in [-0.39, 0.29) is 11.8 Å². The molecule has 0 saturated carbocycles. The Hall–Kier alpha value is -1.86. The number of imidazole rings is 1. The third-order valence-electron chi connectivity index (χ3n) is 5.70. The summed E-state index contributed by atoms with van der Waals surface area (Å²) in [6.45, 7) is 5.93. The van der Waals surface area contributed by atoms with Gasteiger partial charge in [-0.25, -0.2) is 13.4 Å². The molecule has 1 fully saturated rings. The maximum Gasteiger partial charge on any atom is 0.151 e. The van der Waals surface area contributed by atoms with Crippen molar-refractivity contribution >= 4 is 15.5 Å². The fourth-order valence-electron chi connectivity index (χ4n) is 4.25. The van der Waals surface area contributed by atoms with Crippen LogP contribution in [0.2, 0.25) is 0 Å². The van der Waals surface area contributed by atoms with Crippen LogP contribution in [-0.4, -0.2) is 55.2 Å². The minimum absolute atomic E-state index is 0.0887. The first-order valence-corrected chi connectivity index (χ1v) is 11.7. The van der Waals surface area contributed by atoms with E-state index in [4.69, 9.17) is 0 Å². The average molecular weight is 389 g/mol. The maximum absolute atomic E-state index is 11.6. The molecular formula is C20H28N4O2S. The molecule has 146 valence electrons. The predicted molar refractivity (Wildman–Crippen MR) is 109 cm³/mol. The van der Waals surface area contributed by atoms with Gasteiger partial charge in [0.2, 0.25) is 0 Å². The fourth-order valence-corrected chi connectivity index (χ4v) is 5.96. The summed E-state index contributed by atoms with van der Waals surface area (Å²) in [6, 6.07) is 6.83. The second-order valence-electron chi connectivity index (χ2n) is 7.55. The summed E-state index contributed by atoms with van der Waals surface area (Å²) in [6.07, 6.45) is 6.84. The van der Waals surface area contributed by atoms with Crippen molar-refractivity contribution in [3.05, 3.63) is 36.3 Å². The number of aromatic nitrogens is 2.